The van der Waals surface area contributed by atoms with Gasteiger partial charge in [-0.1, -0.05) is 49.3 Å². The van der Waals surface area contributed by atoms with Gasteiger partial charge in [-0.25, -0.2) is 0 Å². The van der Waals surface area contributed by atoms with Crippen LogP contribution in [0.2, 0.25) is 0 Å². The van der Waals surface area contributed by atoms with Gasteiger partial charge in [-0.2, -0.15) is 0 Å². The van der Waals surface area contributed by atoms with Crippen LogP contribution in [0.4, 0.5) is 0 Å². The number of rotatable bonds is 12. The van der Waals surface area contributed by atoms with Gasteiger partial charge >= 0.3 is 5.97 Å². The average Bonchev–Trinajstić information content (AvgIpc) is 3.33. The first-order valence-electron chi connectivity index (χ1n) is 12.6. The Morgan fingerprint density at radius 3 is 2.54 bits per heavy atom. The second kappa shape index (κ2) is 12.7. The predicted molar refractivity (Wildman–Crippen MR) is 134 cm³/mol. The first-order valence-corrected chi connectivity index (χ1v) is 12.6. The molecule has 2 aliphatic rings. The van der Waals surface area contributed by atoms with E-state index in [0.717, 1.165) is 36.8 Å². The first-order chi connectivity index (χ1) is 16.9. The topological polar surface area (TPSA) is 95.9 Å². The SMILES string of the molecule is C=CCCC(=O)OCC1(NC(=O)[C@H](CC=C)CC(=O)N2Cc3ccccc3C[C@H]2CO)CCCC1. The predicted octanol–water partition coefficient (Wildman–Crippen LogP) is 3.45. The summed E-state index contributed by atoms with van der Waals surface area (Å²) >= 11 is 0. The molecule has 1 aromatic carbocycles. The van der Waals surface area contributed by atoms with Crippen molar-refractivity contribution < 1.29 is 24.2 Å². The molecule has 1 saturated carbocycles. The van der Waals surface area contributed by atoms with E-state index in [2.05, 4.69) is 18.5 Å². The molecular formula is C28H38N2O5. The van der Waals surface area contributed by atoms with Crippen molar-refractivity contribution >= 4 is 17.8 Å². The number of benzene rings is 1. The molecule has 0 unspecified atom stereocenters. The molecule has 2 amide bonds. The van der Waals surface area contributed by atoms with E-state index in [9.17, 15) is 19.5 Å². The van der Waals surface area contributed by atoms with Crippen LogP contribution in [0, 0.1) is 5.92 Å². The standard InChI is InChI=1S/C28H38N2O5/c1-3-5-13-26(33)35-20-28(14-8-9-15-28)29-27(34)22(10-4-2)17-25(32)30-18-23-12-7-6-11-21(23)16-24(30)19-31/h3-4,6-7,11-12,22,24,31H,1-2,5,8-10,13-20H2,(H,29,34)/t22-,24+/m1/s1. The molecule has 35 heavy (non-hydrogen) atoms. The second-order valence-electron chi connectivity index (χ2n) is 9.72. The Labute approximate surface area is 208 Å². The number of nitrogens with zero attached hydrogens (tertiary/aromatic N) is 1. The van der Waals surface area contributed by atoms with E-state index in [1.54, 1.807) is 17.1 Å². The molecule has 0 saturated heterocycles. The number of esters is 1. The largest absolute Gasteiger partial charge is 0.463 e. The van der Waals surface area contributed by atoms with Crippen LogP contribution < -0.4 is 5.32 Å². The van der Waals surface area contributed by atoms with E-state index in [4.69, 9.17) is 4.74 Å². The Balaban J connectivity index is 1.66. The molecule has 3 rings (SSSR count). The van der Waals surface area contributed by atoms with Crippen molar-refractivity contribution in [3.63, 3.8) is 0 Å². The highest BCUT2D eigenvalue weighted by Crippen LogP contribution is 2.31. The number of fused-ring (bicyclic) bond motifs is 1. The highest BCUT2D eigenvalue weighted by atomic mass is 16.5. The van der Waals surface area contributed by atoms with Crippen molar-refractivity contribution in [3.05, 3.63) is 60.7 Å². The van der Waals surface area contributed by atoms with Crippen LogP contribution in [0.15, 0.2) is 49.6 Å². The van der Waals surface area contributed by atoms with E-state index >= 15 is 0 Å². The first kappa shape index (κ1) is 26.7. The number of allylic oxidation sites excluding steroid dienone is 2. The number of hydrogen-bond acceptors (Lipinski definition) is 5. The fraction of sp³-hybridized carbons (Fsp3) is 0.536. The number of aliphatic hydroxyl groups excluding tert-OH is 1. The summed E-state index contributed by atoms with van der Waals surface area (Å²) in [5, 5.41) is 13.1. The van der Waals surface area contributed by atoms with Crippen molar-refractivity contribution in [1.29, 1.82) is 0 Å². The van der Waals surface area contributed by atoms with Gasteiger partial charge < -0.3 is 20.1 Å². The number of hydrogen-bond donors (Lipinski definition) is 2. The number of nitrogens with one attached hydrogen (secondary N) is 1. The minimum atomic E-state index is -0.596. The van der Waals surface area contributed by atoms with Crippen molar-refractivity contribution in [3.8, 4) is 0 Å². The zero-order chi connectivity index (χ0) is 25.3. The van der Waals surface area contributed by atoms with E-state index in [0.29, 0.717) is 25.8 Å². The Bertz CT molecular complexity index is 922. The van der Waals surface area contributed by atoms with Gasteiger partial charge in [0.2, 0.25) is 11.8 Å². The molecule has 1 heterocycles. The minimum absolute atomic E-state index is 0.0335. The van der Waals surface area contributed by atoms with Crippen LogP contribution in [0.25, 0.3) is 0 Å². The van der Waals surface area contributed by atoms with Crippen LogP contribution >= 0.6 is 0 Å². The summed E-state index contributed by atoms with van der Waals surface area (Å²) in [5.41, 5.74) is 1.61. The molecule has 1 aromatic rings. The summed E-state index contributed by atoms with van der Waals surface area (Å²) in [4.78, 5) is 40.4. The third-order valence-corrected chi connectivity index (χ3v) is 7.14. The fourth-order valence-electron chi connectivity index (χ4n) is 5.09. The van der Waals surface area contributed by atoms with E-state index in [1.165, 1.54) is 0 Å². The quantitative estimate of drug-likeness (QED) is 0.351. The molecular weight excluding hydrogens is 444 g/mol. The molecule has 0 bridgehead atoms. The third kappa shape index (κ3) is 7.04. The molecule has 7 heteroatoms. The molecule has 1 aliphatic heterocycles. The molecule has 0 aromatic heterocycles. The zero-order valence-electron chi connectivity index (χ0n) is 20.5. The lowest BCUT2D eigenvalue weighted by Gasteiger charge is -2.37. The Morgan fingerprint density at radius 2 is 1.89 bits per heavy atom. The molecule has 0 radical (unpaired) electrons. The zero-order valence-corrected chi connectivity index (χ0v) is 20.5. The molecule has 190 valence electrons. The molecule has 2 atom stereocenters. The highest BCUT2D eigenvalue weighted by Gasteiger charge is 2.39. The fourth-order valence-corrected chi connectivity index (χ4v) is 5.09. The summed E-state index contributed by atoms with van der Waals surface area (Å²) < 4.78 is 5.49. The molecule has 1 fully saturated rings. The maximum Gasteiger partial charge on any atom is 0.306 e. The van der Waals surface area contributed by atoms with Gasteiger partial charge in [0.05, 0.1) is 24.1 Å². The van der Waals surface area contributed by atoms with Gasteiger partial charge in [-0.15, -0.1) is 13.2 Å². The summed E-state index contributed by atoms with van der Waals surface area (Å²) in [6.45, 7) is 7.83. The van der Waals surface area contributed by atoms with Crippen molar-refractivity contribution in [2.45, 2.75) is 75.9 Å². The van der Waals surface area contributed by atoms with Gasteiger partial charge in [0, 0.05) is 19.4 Å². The van der Waals surface area contributed by atoms with Gasteiger partial charge in [-0.05, 0) is 43.2 Å². The normalized spacial score (nSPS) is 19.3. The Kier molecular flexibility index (Phi) is 9.66. The molecule has 0 spiro atoms. The summed E-state index contributed by atoms with van der Waals surface area (Å²) in [5.74, 6) is -1.26. The third-order valence-electron chi connectivity index (χ3n) is 7.14. The van der Waals surface area contributed by atoms with E-state index in [-0.39, 0.29) is 49.9 Å². The number of carbonyl (C=O) groups excluding carboxylic acids is 3. The summed E-state index contributed by atoms with van der Waals surface area (Å²) in [6, 6.07) is 7.63. The number of carbonyl (C=O) groups is 3. The van der Waals surface area contributed by atoms with Crippen molar-refractivity contribution in [2.24, 2.45) is 5.92 Å². The van der Waals surface area contributed by atoms with Crippen LogP contribution in [0.5, 0.6) is 0 Å². The highest BCUT2D eigenvalue weighted by molar-refractivity contribution is 5.86. The summed E-state index contributed by atoms with van der Waals surface area (Å²) in [7, 11) is 0. The average molecular weight is 483 g/mol. The maximum atomic E-state index is 13.3. The number of aliphatic hydroxyl groups is 1. The lowest BCUT2D eigenvalue weighted by Crippen LogP contribution is -2.53. The Hall–Kier alpha value is -2.93. The molecule has 7 nitrogen and oxygen atoms in total. The molecule has 2 N–H and O–H groups in total. The smallest absolute Gasteiger partial charge is 0.306 e. The van der Waals surface area contributed by atoms with Crippen LogP contribution in [0.3, 0.4) is 0 Å². The van der Waals surface area contributed by atoms with Gasteiger partial charge in [0.25, 0.3) is 0 Å². The maximum absolute atomic E-state index is 13.3. The lowest BCUT2D eigenvalue weighted by molar-refractivity contribution is -0.147. The van der Waals surface area contributed by atoms with Crippen molar-refractivity contribution in [1.82, 2.24) is 10.2 Å². The lowest BCUT2D eigenvalue weighted by atomic mass is 9.91. The van der Waals surface area contributed by atoms with Gasteiger partial charge in [0.15, 0.2) is 0 Å². The van der Waals surface area contributed by atoms with E-state index < -0.39 is 11.5 Å². The molecule has 1 aliphatic carbocycles. The summed E-state index contributed by atoms with van der Waals surface area (Å²) in [6.07, 6.45) is 8.50. The number of ether oxygens (including phenoxy) is 1. The Morgan fingerprint density at radius 1 is 1.17 bits per heavy atom. The van der Waals surface area contributed by atoms with Gasteiger partial charge in [-0.3, -0.25) is 14.4 Å². The monoisotopic (exact) mass is 482 g/mol. The van der Waals surface area contributed by atoms with E-state index in [1.807, 2.05) is 24.3 Å². The minimum Gasteiger partial charge on any atom is -0.463 e. The van der Waals surface area contributed by atoms with Crippen LogP contribution in [-0.4, -0.2) is 52.6 Å². The van der Waals surface area contributed by atoms with Crippen molar-refractivity contribution in [2.75, 3.05) is 13.2 Å². The second-order valence-corrected chi connectivity index (χ2v) is 9.72. The number of amides is 2. The van der Waals surface area contributed by atoms with Gasteiger partial charge in [0.1, 0.15) is 6.61 Å². The van der Waals surface area contributed by atoms with Crippen LogP contribution in [-0.2, 0) is 32.1 Å². The van der Waals surface area contributed by atoms with Crippen LogP contribution in [0.1, 0.15) is 62.5 Å².